The van der Waals surface area contributed by atoms with Gasteiger partial charge in [-0.05, 0) is 42.7 Å². The molecule has 0 saturated carbocycles. The van der Waals surface area contributed by atoms with Crippen LogP contribution in [0.15, 0.2) is 58.8 Å². The quantitative estimate of drug-likeness (QED) is 0.396. The number of rotatable bonds is 7. The molecule has 1 amide bonds. The number of furan rings is 1. The third kappa shape index (κ3) is 4.00. The Hall–Kier alpha value is -3.20. The number of carbonyl (C=O) groups is 1. The maximum Gasteiger partial charge on any atom is 0.233 e. The molecule has 2 aliphatic heterocycles. The Kier molecular flexibility index (Phi) is 5.89. The Morgan fingerprint density at radius 2 is 2.09 bits per heavy atom. The number of ether oxygens (including phenoxy) is 2. The van der Waals surface area contributed by atoms with E-state index in [0.29, 0.717) is 36.5 Å². The molecule has 2 aliphatic rings. The van der Waals surface area contributed by atoms with Crippen LogP contribution >= 0.6 is 11.8 Å². The molecule has 2 aromatic heterocycles. The van der Waals surface area contributed by atoms with Gasteiger partial charge in [0.05, 0.1) is 18.1 Å². The maximum absolute atomic E-state index is 13.1. The summed E-state index contributed by atoms with van der Waals surface area (Å²) in [6.07, 6.45) is 5.29. The fraction of sp³-hybridized carbons (Fsp3) is 0.348. The van der Waals surface area contributed by atoms with E-state index in [1.807, 2.05) is 39.8 Å². The van der Waals surface area contributed by atoms with Crippen LogP contribution in [0.1, 0.15) is 24.4 Å². The zero-order chi connectivity index (χ0) is 21.9. The van der Waals surface area contributed by atoms with Crippen molar-refractivity contribution in [2.24, 2.45) is 0 Å². The first-order chi connectivity index (χ1) is 15.7. The summed E-state index contributed by atoms with van der Waals surface area (Å²) in [5.41, 5.74) is 1.08. The molecule has 0 bridgehead atoms. The number of fused-ring (bicyclic) bond motifs is 1. The van der Waals surface area contributed by atoms with Gasteiger partial charge in [0.2, 0.25) is 11.7 Å². The van der Waals surface area contributed by atoms with Crippen LogP contribution < -0.4 is 9.47 Å². The number of amides is 1. The lowest BCUT2D eigenvalue weighted by Crippen LogP contribution is -2.32. The lowest BCUT2D eigenvalue weighted by atomic mass is 10.0. The first-order valence-corrected chi connectivity index (χ1v) is 11.6. The van der Waals surface area contributed by atoms with E-state index in [9.17, 15) is 4.79 Å². The summed E-state index contributed by atoms with van der Waals surface area (Å²) in [6, 6.07) is 9.67. The maximum atomic E-state index is 13.1. The molecule has 3 aromatic rings. The van der Waals surface area contributed by atoms with E-state index in [-0.39, 0.29) is 17.7 Å². The topological polar surface area (TPSA) is 82.6 Å². The summed E-state index contributed by atoms with van der Waals surface area (Å²) in [4.78, 5) is 15.1. The van der Waals surface area contributed by atoms with Gasteiger partial charge >= 0.3 is 0 Å². The van der Waals surface area contributed by atoms with Gasteiger partial charge in [-0.3, -0.25) is 9.36 Å². The SMILES string of the molecule is C=CCn1c(SCC(=O)N2CCCC2c2ccc3c(c2)OCCO3)nnc1-c1ccco1. The molecule has 1 aromatic carbocycles. The zero-order valence-electron chi connectivity index (χ0n) is 17.6. The first-order valence-electron chi connectivity index (χ1n) is 10.6. The van der Waals surface area contributed by atoms with Gasteiger partial charge in [-0.1, -0.05) is 23.9 Å². The number of hydrogen-bond donors (Lipinski definition) is 0. The normalized spacial score (nSPS) is 17.5. The smallest absolute Gasteiger partial charge is 0.233 e. The van der Waals surface area contributed by atoms with E-state index < -0.39 is 0 Å². The van der Waals surface area contributed by atoms with Crippen LogP contribution in [-0.2, 0) is 11.3 Å². The Bertz CT molecular complexity index is 1110. The highest BCUT2D eigenvalue weighted by Crippen LogP contribution is 2.38. The summed E-state index contributed by atoms with van der Waals surface area (Å²) < 4.78 is 18.7. The Morgan fingerprint density at radius 1 is 1.22 bits per heavy atom. The van der Waals surface area contributed by atoms with Crippen LogP contribution in [0.2, 0.25) is 0 Å². The van der Waals surface area contributed by atoms with Crippen LogP contribution in [0, 0.1) is 0 Å². The molecule has 9 heteroatoms. The van der Waals surface area contributed by atoms with Gasteiger partial charge in [0.1, 0.15) is 13.2 Å². The number of hydrogen-bond acceptors (Lipinski definition) is 7. The average molecular weight is 453 g/mol. The van der Waals surface area contributed by atoms with Crippen molar-refractivity contribution < 1.29 is 18.7 Å². The number of thioether (sulfide) groups is 1. The molecule has 0 N–H and O–H groups in total. The first kappa shape index (κ1) is 20.7. The number of aromatic nitrogens is 3. The summed E-state index contributed by atoms with van der Waals surface area (Å²) in [5.74, 6) is 3.15. The Morgan fingerprint density at radius 3 is 2.91 bits per heavy atom. The molecule has 8 nitrogen and oxygen atoms in total. The van der Waals surface area contributed by atoms with Crippen molar-refractivity contribution in [3.8, 4) is 23.1 Å². The number of allylic oxidation sites excluding steroid dienone is 1. The molecule has 4 heterocycles. The molecular formula is C23H24N4O4S. The minimum atomic E-state index is 0.0450. The van der Waals surface area contributed by atoms with Gasteiger partial charge in [0.25, 0.3) is 0 Å². The van der Waals surface area contributed by atoms with E-state index >= 15 is 0 Å². The number of benzene rings is 1. The van der Waals surface area contributed by atoms with Crippen molar-refractivity contribution in [1.82, 2.24) is 19.7 Å². The van der Waals surface area contributed by atoms with E-state index in [1.165, 1.54) is 11.8 Å². The highest BCUT2D eigenvalue weighted by molar-refractivity contribution is 7.99. The van der Waals surface area contributed by atoms with Gasteiger partial charge in [-0.15, -0.1) is 16.8 Å². The van der Waals surface area contributed by atoms with E-state index in [2.05, 4.69) is 16.8 Å². The molecule has 166 valence electrons. The monoisotopic (exact) mass is 452 g/mol. The molecule has 1 saturated heterocycles. The van der Waals surface area contributed by atoms with Crippen LogP contribution in [0.5, 0.6) is 11.5 Å². The summed E-state index contributed by atoms with van der Waals surface area (Å²) in [5, 5.41) is 9.20. The van der Waals surface area contributed by atoms with Crippen molar-refractivity contribution in [3.05, 3.63) is 54.8 Å². The number of nitrogens with zero attached hydrogens (tertiary/aromatic N) is 4. The van der Waals surface area contributed by atoms with Crippen LogP contribution in [0.4, 0.5) is 0 Å². The molecule has 5 rings (SSSR count). The van der Waals surface area contributed by atoms with Crippen LogP contribution in [-0.4, -0.2) is 51.1 Å². The summed E-state index contributed by atoms with van der Waals surface area (Å²) in [6.45, 7) is 6.21. The molecule has 0 spiro atoms. The minimum absolute atomic E-state index is 0.0450. The fourth-order valence-electron chi connectivity index (χ4n) is 4.17. The van der Waals surface area contributed by atoms with E-state index in [4.69, 9.17) is 13.9 Å². The lowest BCUT2D eigenvalue weighted by Gasteiger charge is -2.26. The Balaban J connectivity index is 1.29. The van der Waals surface area contributed by atoms with Crippen molar-refractivity contribution in [1.29, 1.82) is 0 Å². The average Bonchev–Trinajstić information content (AvgIpc) is 3.58. The predicted octanol–water partition coefficient (Wildman–Crippen LogP) is 3.95. The van der Waals surface area contributed by atoms with Gasteiger partial charge in [0.15, 0.2) is 22.4 Å². The highest BCUT2D eigenvalue weighted by atomic mass is 32.2. The van der Waals surface area contributed by atoms with Crippen LogP contribution in [0.3, 0.4) is 0 Å². The second-order valence-corrected chi connectivity index (χ2v) is 8.56. The van der Waals surface area contributed by atoms with E-state index in [0.717, 1.165) is 36.4 Å². The van der Waals surface area contributed by atoms with Gasteiger partial charge in [-0.25, -0.2) is 0 Å². The van der Waals surface area contributed by atoms with Gasteiger partial charge in [-0.2, -0.15) is 0 Å². The Labute approximate surface area is 190 Å². The second kappa shape index (κ2) is 9.12. The fourth-order valence-corrected chi connectivity index (χ4v) is 5.00. The van der Waals surface area contributed by atoms with Gasteiger partial charge in [0, 0.05) is 13.1 Å². The molecular weight excluding hydrogens is 428 g/mol. The van der Waals surface area contributed by atoms with E-state index in [1.54, 1.807) is 12.3 Å². The standard InChI is InChI=1S/C23H24N4O4S/c1-2-9-27-22(19-6-4-11-29-19)24-25-23(27)32-15-21(28)26-10-3-5-17(26)16-7-8-18-20(14-16)31-13-12-30-18/h2,4,6-8,11,14,17H,1,3,5,9-10,12-13,15H2. The second-order valence-electron chi connectivity index (χ2n) is 7.62. The van der Waals surface area contributed by atoms with Crippen molar-refractivity contribution in [2.75, 3.05) is 25.5 Å². The molecule has 1 atom stereocenters. The molecule has 1 fully saturated rings. The molecule has 1 unspecified atom stereocenters. The van der Waals surface area contributed by atoms with Gasteiger partial charge < -0.3 is 18.8 Å². The number of likely N-dealkylation sites (tertiary alicyclic amines) is 1. The largest absolute Gasteiger partial charge is 0.486 e. The predicted molar refractivity (Wildman–Crippen MR) is 120 cm³/mol. The molecule has 0 aliphatic carbocycles. The van der Waals surface area contributed by atoms with Crippen molar-refractivity contribution in [3.63, 3.8) is 0 Å². The molecule has 32 heavy (non-hydrogen) atoms. The summed E-state index contributed by atoms with van der Waals surface area (Å²) in [7, 11) is 0. The summed E-state index contributed by atoms with van der Waals surface area (Å²) >= 11 is 1.38. The minimum Gasteiger partial charge on any atom is -0.486 e. The number of carbonyl (C=O) groups excluding carboxylic acids is 1. The lowest BCUT2D eigenvalue weighted by molar-refractivity contribution is -0.129. The molecule has 0 radical (unpaired) electrons. The van der Waals surface area contributed by atoms with Crippen molar-refractivity contribution in [2.45, 2.75) is 30.6 Å². The zero-order valence-corrected chi connectivity index (χ0v) is 18.4. The third-order valence-corrected chi connectivity index (χ3v) is 6.57. The highest BCUT2D eigenvalue weighted by Gasteiger charge is 2.31. The van der Waals surface area contributed by atoms with Crippen molar-refractivity contribution >= 4 is 17.7 Å². The van der Waals surface area contributed by atoms with Crippen LogP contribution in [0.25, 0.3) is 11.6 Å². The third-order valence-electron chi connectivity index (χ3n) is 5.62.